The minimum absolute atomic E-state index is 0.206. The SMILES string of the molecule is CN(C)CCNc1nc2ccccc2cc1C(=O)O. The topological polar surface area (TPSA) is 65.5 Å². The smallest absolute Gasteiger partial charge is 0.339 e. The third-order valence-electron chi connectivity index (χ3n) is 2.81. The van der Waals surface area contributed by atoms with Crippen molar-refractivity contribution >= 4 is 22.7 Å². The second kappa shape index (κ2) is 5.67. The number of benzene rings is 1. The molecule has 0 saturated heterocycles. The molecule has 2 rings (SSSR count). The number of likely N-dealkylation sites (N-methyl/N-ethyl adjacent to an activating group) is 1. The van der Waals surface area contributed by atoms with Crippen LogP contribution in [0.15, 0.2) is 30.3 Å². The third-order valence-corrected chi connectivity index (χ3v) is 2.81. The molecule has 0 unspecified atom stereocenters. The number of nitrogens with zero attached hydrogens (tertiary/aromatic N) is 2. The van der Waals surface area contributed by atoms with Crippen molar-refractivity contribution in [1.82, 2.24) is 9.88 Å². The number of para-hydroxylation sites is 1. The van der Waals surface area contributed by atoms with E-state index < -0.39 is 5.97 Å². The first kappa shape index (κ1) is 13.3. The van der Waals surface area contributed by atoms with Crippen molar-refractivity contribution in [3.8, 4) is 0 Å². The maximum absolute atomic E-state index is 11.3. The zero-order chi connectivity index (χ0) is 13.8. The predicted molar refractivity (Wildman–Crippen MR) is 75.7 cm³/mol. The Balaban J connectivity index is 2.33. The zero-order valence-corrected chi connectivity index (χ0v) is 11.1. The lowest BCUT2D eigenvalue weighted by Gasteiger charge is -2.13. The van der Waals surface area contributed by atoms with Gasteiger partial charge in [-0.2, -0.15) is 0 Å². The average molecular weight is 259 g/mol. The number of hydrogen-bond acceptors (Lipinski definition) is 4. The standard InChI is InChI=1S/C14H17N3O2/c1-17(2)8-7-15-13-11(14(18)19)9-10-5-3-4-6-12(10)16-13/h3-6,9H,7-8H2,1-2H3,(H,15,16)(H,18,19). The molecule has 1 aromatic heterocycles. The number of pyridine rings is 1. The van der Waals surface area contributed by atoms with E-state index in [9.17, 15) is 9.90 Å². The molecule has 0 saturated carbocycles. The number of rotatable bonds is 5. The highest BCUT2D eigenvalue weighted by Gasteiger charge is 2.12. The number of aromatic carboxylic acids is 1. The normalized spacial score (nSPS) is 10.9. The number of fused-ring (bicyclic) bond motifs is 1. The molecule has 2 N–H and O–H groups in total. The van der Waals surface area contributed by atoms with Crippen molar-refractivity contribution in [2.45, 2.75) is 0 Å². The van der Waals surface area contributed by atoms with Gasteiger partial charge >= 0.3 is 5.97 Å². The quantitative estimate of drug-likeness (QED) is 0.858. The molecule has 1 heterocycles. The molecule has 1 aromatic carbocycles. The molecule has 0 amide bonds. The van der Waals surface area contributed by atoms with Crippen molar-refractivity contribution in [3.05, 3.63) is 35.9 Å². The summed E-state index contributed by atoms with van der Waals surface area (Å²) in [6, 6.07) is 9.15. The van der Waals surface area contributed by atoms with Crippen molar-refractivity contribution in [2.24, 2.45) is 0 Å². The maximum Gasteiger partial charge on any atom is 0.339 e. The summed E-state index contributed by atoms with van der Waals surface area (Å²) in [6.07, 6.45) is 0. The van der Waals surface area contributed by atoms with Crippen molar-refractivity contribution in [1.29, 1.82) is 0 Å². The Bertz CT molecular complexity index is 596. The molecule has 2 aromatic rings. The summed E-state index contributed by atoms with van der Waals surface area (Å²) in [6.45, 7) is 1.46. The van der Waals surface area contributed by atoms with Gasteiger partial charge in [-0.15, -0.1) is 0 Å². The number of carboxylic acid groups (broad SMARTS) is 1. The second-order valence-electron chi connectivity index (χ2n) is 4.61. The minimum atomic E-state index is -0.967. The fourth-order valence-electron chi connectivity index (χ4n) is 1.81. The van der Waals surface area contributed by atoms with Crippen LogP contribution in [0, 0.1) is 0 Å². The van der Waals surface area contributed by atoms with Crippen LogP contribution >= 0.6 is 0 Å². The Morgan fingerprint density at radius 1 is 1.37 bits per heavy atom. The summed E-state index contributed by atoms with van der Waals surface area (Å²) in [5, 5.41) is 13.2. The zero-order valence-electron chi connectivity index (χ0n) is 11.1. The van der Waals surface area contributed by atoms with Gasteiger partial charge in [0.2, 0.25) is 0 Å². The molecule has 5 heteroatoms. The lowest BCUT2D eigenvalue weighted by atomic mass is 10.1. The van der Waals surface area contributed by atoms with Gasteiger partial charge in [-0.1, -0.05) is 18.2 Å². The fourth-order valence-corrected chi connectivity index (χ4v) is 1.81. The molecular weight excluding hydrogens is 242 g/mol. The van der Waals surface area contributed by atoms with Crippen LogP contribution in [0.25, 0.3) is 10.9 Å². The largest absolute Gasteiger partial charge is 0.478 e. The molecule has 5 nitrogen and oxygen atoms in total. The van der Waals surface area contributed by atoms with Gasteiger partial charge in [0.25, 0.3) is 0 Å². The average Bonchev–Trinajstić information content (AvgIpc) is 2.37. The first-order valence-corrected chi connectivity index (χ1v) is 6.09. The van der Waals surface area contributed by atoms with Crippen LogP contribution in [0.3, 0.4) is 0 Å². The van der Waals surface area contributed by atoms with E-state index in [4.69, 9.17) is 0 Å². The first-order valence-electron chi connectivity index (χ1n) is 6.09. The summed E-state index contributed by atoms with van der Waals surface area (Å²) < 4.78 is 0. The fraction of sp³-hybridized carbons (Fsp3) is 0.286. The molecule has 0 aliphatic heterocycles. The van der Waals surface area contributed by atoms with E-state index in [0.29, 0.717) is 12.4 Å². The van der Waals surface area contributed by atoms with E-state index in [2.05, 4.69) is 10.3 Å². The number of carboxylic acids is 1. The first-order chi connectivity index (χ1) is 9.08. The number of hydrogen-bond donors (Lipinski definition) is 2. The highest BCUT2D eigenvalue weighted by Crippen LogP contribution is 2.20. The predicted octanol–water partition coefficient (Wildman–Crippen LogP) is 1.91. The van der Waals surface area contributed by atoms with E-state index >= 15 is 0 Å². The summed E-state index contributed by atoms with van der Waals surface area (Å²) in [4.78, 5) is 17.7. The molecule has 0 bridgehead atoms. The van der Waals surface area contributed by atoms with Crippen LogP contribution < -0.4 is 5.32 Å². The minimum Gasteiger partial charge on any atom is -0.478 e. The van der Waals surface area contributed by atoms with Gasteiger partial charge in [-0.3, -0.25) is 0 Å². The Morgan fingerprint density at radius 3 is 2.79 bits per heavy atom. The van der Waals surface area contributed by atoms with Crippen molar-refractivity contribution < 1.29 is 9.90 Å². The highest BCUT2D eigenvalue weighted by atomic mass is 16.4. The Hall–Kier alpha value is -2.14. The summed E-state index contributed by atoms with van der Waals surface area (Å²) in [7, 11) is 3.93. The van der Waals surface area contributed by atoms with Gasteiger partial charge in [-0.25, -0.2) is 9.78 Å². The monoisotopic (exact) mass is 259 g/mol. The number of carbonyl (C=O) groups is 1. The molecule has 0 spiro atoms. The number of anilines is 1. The van der Waals surface area contributed by atoms with Crippen molar-refractivity contribution in [2.75, 3.05) is 32.5 Å². The lowest BCUT2D eigenvalue weighted by Crippen LogP contribution is -2.22. The van der Waals surface area contributed by atoms with E-state index in [1.807, 2.05) is 43.3 Å². The Morgan fingerprint density at radius 2 is 2.11 bits per heavy atom. The van der Waals surface area contributed by atoms with E-state index in [-0.39, 0.29) is 5.56 Å². The molecule has 0 atom stereocenters. The second-order valence-corrected chi connectivity index (χ2v) is 4.61. The van der Waals surface area contributed by atoms with Crippen LogP contribution in [0.4, 0.5) is 5.82 Å². The van der Waals surface area contributed by atoms with Crippen LogP contribution in [0.2, 0.25) is 0 Å². The van der Waals surface area contributed by atoms with Crippen LogP contribution in [0.5, 0.6) is 0 Å². The van der Waals surface area contributed by atoms with Gasteiger partial charge in [0.05, 0.1) is 5.52 Å². The summed E-state index contributed by atoms with van der Waals surface area (Å²) in [5.74, 6) is -0.543. The number of aromatic nitrogens is 1. The molecule has 100 valence electrons. The van der Waals surface area contributed by atoms with Gasteiger partial charge in [0, 0.05) is 18.5 Å². The van der Waals surface area contributed by atoms with Gasteiger partial charge < -0.3 is 15.3 Å². The summed E-state index contributed by atoms with van der Waals surface area (Å²) >= 11 is 0. The summed E-state index contributed by atoms with van der Waals surface area (Å²) in [5.41, 5.74) is 0.998. The third kappa shape index (κ3) is 3.20. The van der Waals surface area contributed by atoms with E-state index in [1.54, 1.807) is 6.07 Å². The Labute approximate surface area is 111 Å². The lowest BCUT2D eigenvalue weighted by molar-refractivity contribution is 0.0698. The molecular formula is C14H17N3O2. The molecule has 19 heavy (non-hydrogen) atoms. The van der Waals surface area contributed by atoms with Gasteiger partial charge in [-0.05, 0) is 26.2 Å². The molecule has 0 fully saturated rings. The molecule has 0 radical (unpaired) electrons. The van der Waals surface area contributed by atoms with Crippen LogP contribution in [-0.4, -0.2) is 48.1 Å². The highest BCUT2D eigenvalue weighted by molar-refractivity contribution is 5.98. The number of nitrogens with one attached hydrogen (secondary N) is 1. The van der Waals surface area contributed by atoms with Gasteiger partial charge in [0.1, 0.15) is 11.4 Å². The van der Waals surface area contributed by atoms with Crippen LogP contribution in [0.1, 0.15) is 10.4 Å². The van der Waals surface area contributed by atoms with Crippen molar-refractivity contribution in [3.63, 3.8) is 0 Å². The maximum atomic E-state index is 11.3. The Kier molecular flexibility index (Phi) is 3.97. The molecule has 0 aliphatic rings. The van der Waals surface area contributed by atoms with Crippen LogP contribution in [-0.2, 0) is 0 Å². The van der Waals surface area contributed by atoms with Gasteiger partial charge in [0.15, 0.2) is 0 Å². The van der Waals surface area contributed by atoms with E-state index in [0.717, 1.165) is 17.4 Å². The molecule has 0 aliphatic carbocycles. The van der Waals surface area contributed by atoms with E-state index in [1.165, 1.54) is 0 Å².